The van der Waals surface area contributed by atoms with E-state index in [2.05, 4.69) is 0 Å². The second kappa shape index (κ2) is 5.54. The Morgan fingerprint density at radius 3 is 2.23 bits per heavy atom. The van der Waals surface area contributed by atoms with Crippen molar-refractivity contribution in [1.82, 2.24) is 0 Å². The number of nitro groups is 1. The zero-order valence-corrected chi connectivity index (χ0v) is 8.63. The molecule has 0 aromatic heterocycles. The van der Waals surface area contributed by atoms with Gasteiger partial charge in [-0.3, -0.25) is 10.1 Å². The molecule has 1 rings (SSSR count). The van der Waals surface area contributed by atoms with E-state index in [1.807, 2.05) is 13.8 Å². The average Bonchev–Trinajstić information content (AvgIpc) is 2.06. The lowest BCUT2D eigenvalue weighted by molar-refractivity contribution is -0.384. The molecule has 0 N–H and O–H groups in total. The van der Waals surface area contributed by atoms with Crippen LogP contribution in [0.1, 0.15) is 19.4 Å². The molecule has 0 heterocycles. The van der Waals surface area contributed by atoms with Crippen molar-refractivity contribution in [3.8, 4) is 0 Å². The summed E-state index contributed by atoms with van der Waals surface area (Å²) in [5, 5.41) is 10.7. The monoisotopic (exact) mass is 201 g/mol. The van der Waals surface area contributed by atoms with Crippen molar-refractivity contribution in [2.75, 3.05) is 0 Å². The van der Waals surface area contributed by atoms with Crippen LogP contribution in [-0.2, 0) is 0 Å². The summed E-state index contributed by atoms with van der Waals surface area (Å²) < 4.78 is 0. The Balaban J connectivity index is 0.000000671. The van der Waals surface area contributed by atoms with Gasteiger partial charge in [0, 0.05) is 17.2 Å². The summed E-state index contributed by atoms with van der Waals surface area (Å²) in [6.45, 7) is 5.76. The van der Waals surface area contributed by atoms with Crippen molar-refractivity contribution >= 4 is 17.3 Å². The molecular weight excluding hydrogens is 190 g/mol. The van der Waals surface area contributed by atoms with Gasteiger partial charge in [-0.05, 0) is 18.6 Å². The molecule has 72 valence electrons. The second-order valence-electron chi connectivity index (χ2n) is 2.24. The summed E-state index contributed by atoms with van der Waals surface area (Å²) in [7, 11) is 0. The number of aryl methyl sites for hydroxylation is 1. The Morgan fingerprint density at radius 1 is 1.31 bits per heavy atom. The van der Waals surface area contributed by atoms with Crippen molar-refractivity contribution in [2.45, 2.75) is 20.8 Å². The lowest BCUT2D eigenvalue weighted by atomic mass is 10.2. The number of hydrogen-bond acceptors (Lipinski definition) is 2. The molecule has 0 saturated carbocycles. The fraction of sp³-hybridized carbons (Fsp3) is 0.333. The molecule has 0 bridgehead atoms. The van der Waals surface area contributed by atoms with Gasteiger partial charge >= 0.3 is 0 Å². The number of rotatable bonds is 1. The topological polar surface area (TPSA) is 43.1 Å². The van der Waals surface area contributed by atoms with Crippen molar-refractivity contribution in [3.63, 3.8) is 0 Å². The number of hydrogen-bond donors (Lipinski definition) is 0. The highest BCUT2D eigenvalue weighted by molar-refractivity contribution is 6.30. The molecule has 1 aromatic carbocycles. The van der Waals surface area contributed by atoms with Gasteiger partial charge in [-0.25, -0.2) is 0 Å². The van der Waals surface area contributed by atoms with E-state index in [-0.39, 0.29) is 5.69 Å². The molecule has 13 heavy (non-hydrogen) atoms. The van der Waals surface area contributed by atoms with Crippen LogP contribution in [0.5, 0.6) is 0 Å². The molecule has 0 amide bonds. The van der Waals surface area contributed by atoms with Gasteiger partial charge in [-0.2, -0.15) is 0 Å². The summed E-state index contributed by atoms with van der Waals surface area (Å²) in [4.78, 5) is 9.79. The van der Waals surface area contributed by atoms with Gasteiger partial charge in [0.2, 0.25) is 0 Å². The number of nitro benzene ring substituents is 1. The standard InChI is InChI=1S/C7H6ClNO2.C2H6/c1-5-2-6(8)4-7(3-5)9(10)11;1-2/h2-4H,1H3;1-2H3. The highest BCUT2D eigenvalue weighted by Crippen LogP contribution is 2.19. The largest absolute Gasteiger partial charge is 0.271 e. The first-order chi connectivity index (χ1) is 6.09. The van der Waals surface area contributed by atoms with E-state index in [0.29, 0.717) is 5.02 Å². The zero-order chi connectivity index (χ0) is 10.4. The van der Waals surface area contributed by atoms with E-state index in [4.69, 9.17) is 11.6 Å². The predicted octanol–water partition coefficient (Wildman–Crippen LogP) is 3.58. The molecule has 0 aliphatic carbocycles. The van der Waals surface area contributed by atoms with E-state index < -0.39 is 4.92 Å². The average molecular weight is 202 g/mol. The number of nitrogens with zero attached hydrogens (tertiary/aromatic N) is 1. The number of benzene rings is 1. The molecule has 1 aromatic rings. The van der Waals surface area contributed by atoms with Crippen LogP contribution in [0.4, 0.5) is 5.69 Å². The fourth-order valence-corrected chi connectivity index (χ4v) is 1.11. The Labute approximate surface area is 82.5 Å². The fourth-order valence-electron chi connectivity index (χ4n) is 0.822. The molecule has 0 fully saturated rings. The van der Waals surface area contributed by atoms with Crippen LogP contribution in [0.3, 0.4) is 0 Å². The Bertz CT molecular complexity index is 279. The lowest BCUT2D eigenvalue weighted by Gasteiger charge is -1.94. The van der Waals surface area contributed by atoms with Crippen LogP contribution in [0.15, 0.2) is 18.2 Å². The molecule has 4 heteroatoms. The van der Waals surface area contributed by atoms with Crippen LogP contribution >= 0.6 is 11.6 Å². The van der Waals surface area contributed by atoms with Crippen LogP contribution in [0, 0.1) is 17.0 Å². The minimum atomic E-state index is -0.459. The van der Waals surface area contributed by atoms with Gasteiger partial charge in [0.15, 0.2) is 0 Å². The SMILES string of the molecule is CC.Cc1cc(Cl)cc([N+](=O)[O-])c1. The molecular formula is C9H12ClNO2. The smallest absolute Gasteiger partial charge is 0.258 e. The van der Waals surface area contributed by atoms with E-state index in [1.54, 1.807) is 13.0 Å². The predicted molar refractivity (Wildman–Crippen MR) is 54.2 cm³/mol. The summed E-state index contributed by atoms with van der Waals surface area (Å²) in [6, 6.07) is 4.48. The molecule has 0 spiro atoms. The summed E-state index contributed by atoms with van der Waals surface area (Å²) >= 11 is 5.59. The minimum absolute atomic E-state index is 0.0370. The summed E-state index contributed by atoms with van der Waals surface area (Å²) in [5.41, 5.74) is 0.833. The Kier molecular flexibility index (Phi) is 5.07. The highest BCUT2D eigenvalue weighted by atomic mass is 35.5. The van der Waals surface area contributed by atoms with Crippen LogP contribution in [0.25, 0.3) is 0 Å². The maximum atomic E-state index is 10.3. The van der Waals surface area contributed by atoms with Crippen molar-refractivity contribution in [1.29, 1.82) is 0 Å². The maximum absolute atomic E-state index is 10.3. The molecule has 0 aliphatic rings. The molecule has 0 aliphatic heterocycles. The molecule has 0 atom stereocenters. The van der Waals surface area contributed by atoms with E-state index in [9.17, 15) is 10.1 Å². The third-order valence-electron chi connectivity index (χ3n) is 1.24. The van der Waals surface area contributed by atoms with Gasteiger partial charge in [-0.15, -0.1) is 0 Å². The lowest BCUT2D eigenvalue weighted by Crippen LogP contribution is -1.87. The van der Waals surface area contributed by atoms with E-state index in [0.717, 1.165) is 5.56 Å². The quantitative estimate of drug-likeness (QED) is 0.515. The van der Waals surface area contributed by atoms with Gasteiger partial charge in [0.25, 0.3) is 5.69 Å². The molecule has 3 nitrogen and oxygen atoms in total. The van der Waals surface area contributed by atoms with E-state index in [1.165, 1.54) is 12.1 Å². The van der Waals surface area contributed by atoms with Gasteiger partial charge in [0.1, 0.15) is 0 Å². The third-order valence-corrected chi connectivity index (χ3v) is 1.46. The van der Waals surface area contributed by atoms with E-state index >= 15 is 0 Å². The number of non-ortho nitro benzene ring substituents is 1. The van der Waals surface area contributed by atoms with Crippen LogP contribution < -0.4 is 0 Å². The first-order valence-electron chi connectivity index (χ1n) is 4.01. The first kappa shape index (κ1) is 11.9. The normalized spacial score (nSPS) is 8.62. The Hall–Kier alpha value is -1.09. The van der Waals surface area contributed by atoms with Gasteiger partial charge < -0.3 is 0 Å². The van der Waals surface area contributed by atoms with Crippen molar-refractivity contribution < 1.29 is 4.92 Å². The number of halogens is 1. The van der Waals surface area contributed by atoms with Crippen molar-refractivity contribution in [3.05, 3.63) is 38.9 Å². The minimum Gasteiger partial charge on any atom is -0.258 e. The van der Waals surface area contributed by atoms with Crippen LogP contribution in [-0.4, -0.2) is 4.92 Å². The van der Waals surface area contributed by atoms with Crippen LogP contribution in [0.2, 0.25) is 5.02 Å². The Morgan fingerprint density at radius 2 is 1.85 bits per heavy atom. The maximum Gasteiger partial charge on any atom is 0.271 e. The third kappa shape index (κ3) is 3.90. The second-order valence-corrected chi connectivity index (χ2v) is 2.68. The van der Waals surface area contributed by atoms with Gasteiger partial charge in [0.05, 0.1) is 4.92 Å². The highest BCUT2D eigenvalue weighted by Gasteiger charge is 2.05. The molecule has 0 unspecified atom stereocenters. The summed E-state index contributed by atoms with van der Waals surface area (Å²) in [6.07, 6.45) is 0. The zero-order valence-electron chi connectivity index (χ0n) is 7.87. The molecule has 0 saturated heterocycles. The summed E-state index contributed by atoms with van der Waals surface area (Å²) in [5.74, 6) is 0. The first-order valence-corrected chi connectivity index (χ1v) is 4.39. The molecule has 0 radical (unpaired) electrons. The van der Waals surface area contributed by atoms with Gasteiger partial charge in [-0.1, -0.05) is 25.4 Å². The van der Waals surface area contributed by atoms with Crippen molar-refractivity contribution in [2.24, 2.45) is 0 Å².